The molecule has 0 aromatic heterocycles. The lowest BCUT2D eigenvalue weighted by Gasteiger charge is -2.23. The van der Waals surface area contributed by atoms with Crippen molar-refractivity contribution < 1.29 is 19.4 Å². The van der Waals surface area contributed by atoms with Gasteiger partial charge in [0.15, 0.2) is 11.9 Å². The Kier molecular flexibility index (Phi) is 4.13. The van der Waals surface area contributed by atoms with E-state index in [0.29, 0.717) is 23.5 Å². The molecule has 102 valence electrons. The molecule has 0 radical (unpaired) electrons. The molecular formula is C13H16N2O4. The van der Waals surface area contributed by atoms with Crippen LogP contribution in [0.25, 0.3) is 0 Å². The van der Waals surface area contributed by atoms with Crippen molar-refractivity contribution >= 4 is 17.4 Å². The lowest BCUT2D eigenvalue weighted by atomic mass is 10.1. The molecule has 0 aliphatic carbocycles. The maximum absolute atomic E-state index is 11.9. The zero-order valence-electron chi connectivity index (χ0n) is 10.6. The summed E-state index contributed by atoms with van der Waals surface area (Å²) in [7, 11) is 0. The van der Waals surface area contributed by atoms with Crippen LogP contribution in [0.3, 0.4) is 0 Å². The number of carbonyl (C=O) groups excluding carboxylic acids is 2. The number of rotatable bonds is 5. The molecule has 6 nitrogen and oxygen atoms in total. The average Bonchev–Trinajstić information content (AvgIpc) is 2.40. The number of fused-ring (bicyclic) bond motifs is 1. The highest BCUT2D eigenvalue weighted by molar-refractivity contribution is 6.02. The van der Waals surface area contributed by atoms with Gasteiger partial charge in [-0.3, -0.25) is 9.59 Å². The van der Waals surface area contributed by atoms with E-state index in [1.807, 2.05) is 0 Å². The number of nitrogens with one attached hydrogen (secondary N) is 2. The molecular weight excluding hydrogens is 248 g/mol. The van der Waals surface area contributed by atoms with Gasteiger partial charge in [0.1, 0.15) is 5.75 Å². The third-order valence-electron chi connectivity index (χ3n) is 2.81. The number of aliphatic hydroxyl groups excluding tert-OH is 1. The summed E-state index contributed by atoms with van der Waals surface area (Å²) in [6.45, 7) is 2.16. The van der Waals surface area contributed by atoms with Crippen LogP contribution < -0.4 is 15.4 Å². The predicted octanol–water partition coefficient (Wildman–Crippen LogP) is 0.171. The van der Waals surface area contributed by atoms with Gasteiger partial charge >= 0.3 is 0 Å². The third-order valence-corrected chi connectivity index (χ3v) is 2.81. The maximum atomic E-state index is 11.9. The van der Waals surface area contributed by atoms with Crippen LogP contribution >= 0.6 is 0 Å². The molecule has 1 amide bonds. The molecule has 0 saturated carbocycles. The zero-order valence-corrected chi connectivity index (χ0v) is 10.6. The first-order chi connectivity index (χ1) is 9.11. The first kappa shape index (κ1) is 13.5. The highest BCUT2D eigenvalue weighted by Crippen LogP contribution is 2.30. The topological polar surface area (TPSA) is 87.7 Å². The Labute approximate surface area is 110 Å². The number of ketones is 1. The second-order valence-corrected chi connectivity index (χ2v) is 4.28. The fourth-order valence-corrected chi connectivity index (χ4v) is 1.77. The van der Waals surface area contributed by atoms with Gasteiger partial charge in [-0.2, -0.15) is 0 Å². The van der Waals surface area contributed by atoms with Gasteiger partial charge in [-0.15, -0.1) is 0 Å². The minimum atomic E-state index is -0.528. The van der Waals surface area contributed by atoms with Crippen LogP contribution in [-0.4, -0.2) is 42.6 Å². The van der Waals surface area contributed by atoms with E-state index in [0.717, 1.165) is 0 Å². The van der Waals surface area contributed by atoms with Gasteiger partial charge in [0.05, 0.1) is 18.8 Å². The Balaban J connectivity index is 2.10. The molecule has 1 heterocycles. The van der Waals surface area contributed by atoms with Crippen molar-refractivity contribution in [2.24, 2.45) is 0 Å². The van der Waals surface area contributed by atoms with Crippen LogP contribution in [0.2, 0.25) is 0 Å². The molecule has 0 fully saturated rings. The monoisotopic (exact) mass is 264 g/mol. The fraction of sp³-hybridized carbons (Fsp3) is 0.385. The summed E-state index contributed by atoms with van der Waals surface area (Å²) in [6.07, 6.45) is -0.528. The number of carbonyl (C=O) groups is 2. The molecule has 0 spiro atoms. The van der Waals surface area contributed by atoms with Crippen LogP contribution in [0, 0.1) is 0 Å². The van der Waals surface area contributed by atoms with Gasteiger partial charge in [-0.05, 0) is 25.1 Å². The van der Waals surface area contributed by atoms with Crippen LogP contribution in [0.5, 0.6) is 5.75 Å². The zero-order chi connectivity index (χ0) is 13.8. The molecule has 2 rings (SSSR count). The molecule has 1 aliphatic heterocycles. The summed E-state index contributed by atoms with van der Waals surface area (Å²) in [6, 6.07) is 4.93. The molecule has 1 aromatic carbocycles. The molecule has 19 heavy (non-hydrogen) atoms. The summed E-state index contributed by atoms with van der Waals surface area (Å²) in [4.78, 5) is 23.3. The van der Waals surface area contributed by atoms with Gasteiger partial charge in [0, 0.05) is 12.1 Å². The largest absolute Gasteiger partial charge is 0.479 e. The van der Waals surface area contributed by atoms with E-state index in [1.54, 1.807) is 25.1 Å². The lowest BCUT2D eigenvalue weighted by Crippen LogP contribution is -2.34. The first-order valence-electron chi connectivity index (χ1n) is 6.08. The van der Waals surface area contributed by atoms with E-state index in [9.17, 15) is 9.59 Å². The number of hydrogen-bond acceptors (Lipinski definition) is 5. The van der Waals surface area contributed by atoms with E-state index in [2.05, 4.69) is 10.6 Å². The summed E-state index contributed by atoms with van der Waals surface area (Å²) < 4.78 is 5.41. The Bertz CT molecular complexity index is 501. The smallest absolute Gasteiger partial charge is 0.265 e. The first-order valence-corrected chi connectivity index (χ1v) is 6.08. The van der Waals surface area contributed by atoms with Gasteiger partial charge in [0.25, 0.3) is 5.91 Å². The van der Waals surface area contributed by atoms with Crippen LogP contribution in [-0.2, 0) is 4.79 Å². The van der Waals surface area contributed by atoms with Crippen LogP contribution in [0.4, 0.5) is 5.69 Å². The number of amides is 1. The summed E-state index contributed by atoms with van der Waals surface area (Å²) in [5, 5.41) is 14.1. The second kappa shape index (κ2) is 5.81. The molecule has 3 N–H and O–H groups in total. The number of anilines is 1. The van der Waals surface area contributed by atoms with E-state index in [4.69, 9.17) is 9.84 Å². The third kappa shape index (κ3) is 3.10. The van der Waals surface area contributed by atoms with Crippen LogP contribution in [0.1, 0.15) is 17.3 Å². The van der Waals surface area contributed by atoms with Gasteiger partial charge < -0.3 is 20.5 Å². The second-order valence-electron chi connectivity index (χ2n) is 4.28. The number of aliphatic hydroxyl groups is 1. The van der Waals surface area contributed by atoms with Crippen molar-refractivity contribution in [1.29, 1.82) is 0 Å². The number of hydrogen-bond donors (Lipinski definition) is 3. The van der Waals surface area contributed by atoms with E-state index in [-0.39, 0.29) is 24.8 Å². The van der Waals surface area contributed by atoms with Crippen molar-refractivity contribution in [2.45, 2.75) is 13.0 Å². The van der Waals surface area contributed by atoms with E-state index < -0.39 is 6.10 Å². The summed E-state index contributed by atoms with van der Waals surface area (Å²) in [5.41, 5.74) is 0.999. The number of ether oxygens (including phenoxy) is 1. The summed E-state index contributed by atoms with van der Waals surface area (Å²) >= 11 is 0. The molecule has 1 aromatic rings. The molecule has 0 bridgehead atoms. The highest BCUT2D eigenvalue weighted by Gasteiger charge is 2.24. The van der Waals surface area contributed by atoms with Crippen molar-refractivity contribution in [3.05, 3.63) is 23.8 Å². The Hall–Kier alpha value is -1.92. The average molecular weight is 264 g/mol. The molecule has 1 unspecified atom stereocenters. The number of benzene rings is 1. The minimum absolute atomic E-state index is 0.0146. The fourth-order valence-electron chi connectivity index (χ4n) is 1.77. The van der Waals surface area contributed by atoms with Gasteiger partial charge in [0.2, 0.25) is 0 Å². The summed E-state index contributed by atoms with van der Waals surface area (Å²) in [5.74, 6) is 0.228. The Morgan fingerprint density at radius 2 is 2.32 bits per heavy atom. The van der Waals surface area contributed by atoms with Crippen molar-refractivity contribution in [1.82, 2.24) is 5.32 Å². The standard InChI is InChI=1S/C13H16N2O4/c1-8-13(18)15-10-6-9(2-3-12(10)19-8)11(17)7-14-4-5-16/h2-3,6,8,14,16H,4-5,7H2,1H3,(H,15,18). The van der Waals surface area contributed by atoms with Crippen LogP contribution in [0.15, 0.2) is 18.2 Å². The Morgan fingerprint density at radius 1 is 1.53 bits per heavy atom. The van der Waals surface area contributed by atoms with Crippen molar-refractivity contribution in [2.75, 3.05) is 25.0 Å². The molecule has 6 heteroatoms. The highest BCUT2D eigenvalue weighted by atomic mass is 16.5. The van der Waals surface area contributed by atoms with Gasteiger partial charge in [-0.25, -0.2) is 0 Å². The van der Waals surface area contributed by atoms with Gasteiger partial charge in [-0.1, -0.05) is 0 Å². The molecule has 1 atom stereocenters. The quantitative estimate of drug-likeness (QED) is 0.521. The van der Waals surface area contributed by atoms with E-state index >= 15 is 0 Å². The normalized spacial score (nSPS) is 17.4. The maximum Gasteiger partial charge on any atom is 0.265 e. The predicted molar refractivity (Wildman–Crippen MR) is 69.4 cm³/mol. The SMILES string of the molecule is CC1Oc2ccc(C(=O)CNCCO)cc2NC1=O. The minimum Gasteiger partial charge on any atom is -0.479 e. The van der Waals surface area contributed by atoms with Crippen molar-refractivity contribution in [3.8, 4) is 5.75 Å². The lowest BCUT2D eigenvalue weighted by molar-refractivity contribution is -0.122. The van der Waals surface area contributed by atoms with E-state index in [1.165, 1.54) is 0 Å². The molecule has 1 aliphatic rings. The van der Waals surface area contributed by atoms with Crippen molar-refractivity contribution in [3.63, 3.8) is 0 Å². The number of Topliss-reactive ketones (excluding diaryl/α,β-unsaturated/α-hetero) is 1. The molecule has 0 saturated heterocycles. The Morgan fingerprint density at radius 3 is 3.05 bits per heavy atom.